The fourth-order valence-corrected chi connectivity index (χ4v) is 2.94. The third-order valence-electron chi connectivity index (χ3n) is 4.51. The number of alkyl carbamates (subject to hydrolysis) is 2. The molecule has 0 aliphatic carbocycles. The highest BCUT2D eigenvalue weighted by atomic mass is 16.6. The molecule has 34 heavy (non-hydrogen) atoms. The summed E-state index contributed by atoms with van der Waals surface area (Å²) in [6, 6.07) is 8.02. The molecule has 10 nitrogen and oxygen atoms in total. The maximum absolute atomic E-state index is 13.2. The van der Waals surface area contributed by atoms with Gasteiger partial charge in [-0.15, -0.1) is 0 Å². The second-order valence-electron chi connectivity index (χ2n) is 9.82. The van der Waals surface area contributed by atoms with Crippen molar-refractivity contribution in [2.75, 3.05) is 13.1 Å². The van der Waals surface area contributed by atoms with Crippen LogP contribution in [0, 0.1) is 0 Å². The molecule has 10 heteroatoms. The number of carboxylic acids is 1. The fourth-order valence-electron chi connectivity index (χ4n) is 2.94. The van der Waals surface area contributed by atoms with Gasteiger partial charge >= 0.3 is 18.2 Å². The quantitative estimate of drug-likeness (QED) is 0.438. The first-order valence-electron chi connectivity index (χ1n) is 11.2. The van der Waals surface area contributed by atoms with Crippen molar-refractivity contribution in [3.63, 3.8) is 0 Å². The molecule has 0 saturated heterocycles. The van der Waals surface area contributed by atoms with Gasteiger partial charge in [0.15, 0.2) is 0 Å². The van der Waals surface area contributed by atoms with Crippen LogP contribution in [-0.2, 0) is 25.7 Å². The van der Waals surface area contributed by atoms with Gasteiger partial charge < -0.3 is 30.1 Å². The number of nitrogens with zero attached hydrogens (tertiary/aromatic N) is 1. The van der Waals surface area contributed by atoms with Crippen LogP contribution in [0.2, 0.25) is 0 Å². The minimum absolute atomic E-state index is 0.0197. The average molecular weight is 480 g/mol. The lowest BCUT2D eigenvalue weighted by Gasteiger charge is -2.37. The molecule has 190 valence electrons. The highest BCUT2D eigenvalue weighted by molar-refractivity contribution is 5.88. The Morgan fingerprint density at radius 1 is 1.00 bits per heavy atom. The van der Waals surface area contributed by atoms with E-state index in [1.807, 2.05) is 18.2 Å². The minimum atomic E-state index is -1.17. The maximum atomic E-state index is 13.2. The number of benzene rings is 1. The van der Waals surface area contributed by atoms with E-state index < -0.39 is 47.8 Å². The Kier molecular flexibility index (Phi) is 10.8. The van der Waals surface area contributed by atoms with Gasteiger partial charge in [-0.05, 0) is 59.9 Å². The zero-order valence-electron chi connectivity index (χ0n) is 20.8. The number of carboxylic acid groups (broad SMARTS) is 1. The number of rotatable bonds is 10. The van der Waals surface area contributed by atoms with E-state index in [0.717, 1.165) is 5.56 Å². The Balaban J connectivity index is 2.83. The smallest absolute Gasteiger partial charge is 0.408 e. The van der Waals surface area contributed by atoms with Crippen molar-refractivity contribution in [1.29, 1.82) is 0 Å². The molecule has 1 rings (SSSR count). The molecule has 0 heterocycles. The Hall–Kier alpha value is -3.30. The van der Waals surface area contributed by atoms with Crippen LogP contribution in [-0.4, -0.2) is 64.3 Å². The lowest BCUT2D eigenvalue weighted by Crippen LogP contribution is -2.56. The molecule has 0 unspecified atom stereocenters. The Bertz CT molecular complexity index is 829. The van der Waals surface area contributed by atoms with Crippen LogP contribution in [0.3, 0.4) is 0 Å². The second kappa shape index (κ2) is 12.8. The first kappa shape index (κ1) is 28.7. The number of aliphatic carboxylic acids is 1. The fraction of sp³-hybridized carbons (Fsp3) is 0.583. The van der Waals surface area contributed by atoms with Gasteiger partial charge in [0.05, 0.1) is 0 Å². The summed E-state index contributed by atoms with van der Waals surface area (Å²) >= 11 is 0. The van der Waals surface area contributed by atoms with E-state index in [9.17, 15) is 24.3 Å². The molecule has 0 radical (unpaired) electrons. The van der Waals surface area contributed by atoms with E-state index in [2.05, 4.69) is 10.6 Å². The largest absolute Gasteiger partial charge is 0.480 e. The first-order chi connectivity index (χ1) is 15.7. The molecule has 1 aromatic carbocycles. The van der Waals surface area contributed by atoms with Crippen LogP contribution in [0.15, 0.2) is 30.3 Å². The van der Waals surface area contributed by atoms with Gasteiger partial charge in [-0.25, -0.2) is 9.59 Å². The molecular formula is C24H37N3O7. The number of carbonyl (C=O) groups excluding carboxylic acids is 3. The van der Waals surface area contributed by atoms with Crippen LogP contribution >= 0.6 is 0 Å². The van der Waals surface area contributed by atoms with Gasteiger partial charge in [-0.1, -0.05) is 30.3 Å². The van der Waals surface area contributed by atoms with Gasteiger partial charge in [-0.2, -0.15) is 0 Å². The molecule has 3 N–H and O–H groups in total. The van der Waals surface area contributed by atoms with Crippen LogP contribution in [0.4, 0.5) is 9.59 Å². The molecule has 0 saturated carbocycles. The highest BCUT2D eigenvalue weighted by Gasteiger charge is 2.34. The standard InChI is InChI=1S/C24H37N3O7/c1-23(2,3)27(15-19(28)29)20(30)18(13-10-14-25-21(31)34-24(4,5)6)26-22(32)33-16-17-11-8-7-9-12-17/h7-9,11-12,18H,10,13-16H2,1-6H3,(H,25,31)(H,26,32)(H,28,29)/t18-/m0/s1. The van der Waals surface area contributed by atoms with Crippen molar-refractivity contribution in [3.8, 4) is 0 Å². The average Bonchev–Trinajstić information content (AvgIpc) is 2.70. The van der Waals surface area contributed by atoms with Gasteiger partial charge in [0.1, 0.15) is 24.8 Å². The zero-order valence-corrected chi connectivity index (χ0v) is 20.8. The molecule has 0 aliphatic rings. The lowest BCUT2D eigenvalue weighted by atomic mass is 10.0. The molecule has 0 aromatic heterocycles. The van der Waals surface area contributed by atoms with Gasteiger partial charge in [-0.3, -0.25) is 9.59 Å². The van der Waals surface area contributed by atoms with Crippen LogP contribution < -0.4 is 10.6 Å². The number of carbonyl (C=O) groups is 4. The van der Waals surface area contributed by atoms with Crippen LogP contribution in [0.25, 0.3) is 0 Å². The SMILES string of the molecule is CC(C)(C)OC(=O)NCCC[C@H](NC(=O)OCc1ccccc1)C(=O)N(CC(=O)O)C(C)(C)C. The monoisotopic (exact) mass is 479 g/mol. The van der Waals surface area contributed by atoms with Crippen molar-refractivity contribution < 1.29 is 33.8 Å². The van der Waals surface area contributed by atoms with E-state index >= 15 is 0 Å². The molecule has 0 spiro atoms. The number of ether oxygens (including phenoxy) is 2. The Morgan fingerprint density at radius 3 is 2.15 bits per heavy atom. The van der Waals surface area contributed by atoms with Gasteiger partial charge in [0.25, 0.3) is 0 Å². The summed E-state index contributed by atoms with van der Waals surface area (Å²) in [6.07, 6.45) is -0.903. The third kappa shape index (κ3) is 11.5. The topological polar surface area (TPSA) is 134 Å². The summed E-state index contributed by atoms with van der Waals surface area (Å²) in [4.78, 5) is 50.0. The molecule has 0 fully saturated rings. The maximum Gasteiger partial charge on any atom is 0.408 e. The summed E-state index contributed by atoms with van der Waals surface area (Å²) in [6.45, 7) is 10.1. The summed E-state index contributed by atoms with van der Waals surface area (Å²) in [5, 5.41) is 14.4. The molecule has 0 aliphatic heterocycles. The minimum Gasteiger partial charge on any atom is -0.480 e. The van der Waals surface area contributed by atoms with E-state index in [1.54, 1.807) is 53.7 Å². The lowest BCUT2D eigenvalue weighted by molar-refractivity contribution is -0.149. The van der Waals surface area contributed by atoms with Crippen molar-refractivity contribution in [2.24, 2.45) is 0 Å². The van der Waals surface area contributed by atoms with E-state index in [4.69, 9.17) is 9.47 Å². The van der Waals surface area contributed by atoms with Crippen molar-refractivity contribution in [1.82, 2.24) is 15.5 Å². The summed E-state index contributed by atoms with van der Waals surface area (Å²) < 4.78 is 10.4. The zero-order chi connectivity index (χ0) is 25.9. The van der Waals surface area contributed by atoms with E-state index in [1.165, 1.54) is 4.90 Å². The van der Waals surface area contributed by atoms with E-state index in [-0.39, 0.29) is 19.6 Å². The second-order valence-corrected chi connectivity index (χ2v) is 9.82. The predicted molar refractivity (Wildman–Crippen MR) is 126 cm³/mol. The number of amides is 3. The normalized spacial score (nSPS) is 12.3. The van der Waals surface area contributed by atoms with Crippen molar-refractivity contribution in [2.45, 2.75) is 78.2 Å². The predicted octanol–water partition coefficient (Wildman–Crippen LogP) is 3.30. The molecule has 1 aromatic rings. The Labute approximate surface area is 201 Å². The molecule has 0 bridgehead atoms. The number of hydrogen-bond donors (Lipinski definition) is 3. The van der Waals surface area contributed by atoms with E-state index in [0.29, 0.717) is 6.42 Å². The van der Waals surface area contributed by atoms with Gasteiger partial charge in [0, 0.05) is 12.1 Å². The highest BCUT2D eigenvalue weighted by Crippen LogP contribution is 2.16. The number of hydrogen-bond acceptors (Lipinski definition) is 6. The van der Waals surface area contributed by atoms with Crippen LogP contribution in [0.5, 0.6) is 0 Å². The molecular weight excluding hydrogens is 442 g/mol. The summed E-state index contributed by atoms with van der Waals surface area (Å²) in [5.74, 6) is -1.72. The summed E-state index contributed by atoms with van der Waals surface area (Å²) in [7, 11) is 0. The summed E-state index contributed by atoms with van der Waals surface area (Å²) in [5.41, 5.74) is -0.654. The van der Waals surface area contributed by atoms with Gasteiger partial charge in [0.2, 0.25) is 5.91 Å². The molecule has 3 amide bonds. The third-order valence-corrected chi connectivity index (χ3v) is 4.51. The number of nitrogens with one attached hydrogen (secondary N) is 2. The first-order valence-corrected chi connectivity index (χ1v) is 11.2. The van der Waals surface area contributed by atoms with Crippen LogP contribution in [0.1, 0.15) is 59.9 Å². The molecule has 1 atom stereocenters. The van der Waals surface area contributed by atoms with Crippen molar-refractivity contribution in [3.05, 3.63) is 35.9 Å². The van der Waals surface area contributed by atoms with Crippen molar-refractivity contribution >= 4 is 24.1 Å². The Morgan fingerprint density at radius 2 is 1.62 bits per heavy atom.